The first-order valence-corrected chi connectivity index (χ1v) is 9.44. The second-order valence-corrected chi connectivity index (χ2v) is 6.72. The Morgan fingerprint density at radius 3 is 2.28 bits per heavy atom. The van der Waals surface area contributed by atoms with Crippen molar-refractivity contribution in [2.24, 2.45) is 0 Å². The lowest BCUT2D eigenvalue weighted by Gasteiger charge is -2.14. The molecule has 0 aliphatic rings. The van der Waals surface area contributed by atoms with Crippen LogP contribution >= 0.6 is 11.6 Å². The summed E-state index contributed by atoms with van der Waals surface area (Å²) in [4.78, 5) is 24.6. The third-order valence-electron chi connectivity index (χ3n) is 4.12. The number of halogens is 1. The fourth-order valence-electron chi connectivity index (χ4n) is 2.50. The third kappa shape index (κ3) is 5.83. The summed E-state index contributed by atoms with van der Waals surface area (Å²) in [7, 11) is 0. The number of rotatable bonds is 7. The monoisotopic (exact) mass is 409 g/mol. The van der Waals surface area contributed by atoms with Crippen LogP contribution in [-0.4, -0.2) is 18.0 Å². The second-order valence-electron chi connectivity index (χ2n) is 6.32. The van der Waals surface area contributed by atoms with Gasteiger partial charge in [0.1, 0.15) is 12.4 Å². The predicted molar refractivity (Wildman–Crippen MR) is 112 cm³/mol. The molecule has 0 bridgehead atoms. The predicted octanol–water partition coefficient (Wildman–Crippen LogP) is 5.10. The van der Waals surface area contributed by atoms with Gasteiger partial charge in [0.15, 0.2) is 6.10 Å². The fourth-order valence-corrected chi connectivity index (χ4v) is 2.68. The van der Waals surface area contributed by atoms with Crippen LogP contribution in [0.2, 0.25) is 5.02 Å². The molecule has 0 spiro atoms. The summed E-state index contributed by atoms with van der Waals surface area (Å²) in [5, 5.41) is 3.05. The highest BCUT2D eigenvalue weighted by Gasteiger charge is 2.19. The number of hydrogen-bond donors (Lipinski definition) is 1. The molecule has 0 aliphatic carbocycles. The number of carbonyl (C=O) groups is 2. The fraction of sp³-hybridized carbons (Fsp3) is 0.130. The highest BCUT2D eigenvalue weighted by atomic mass is 35.5. The highest BCUT2D eigenvalue weighted by molar-refractivity contribution is 6.33. The molecular formula is C23H20ClNO4. The molecule has 1 amide bonds. The van der Waals surface area contributed by atoms with Crippen molar-refractivity contribution in [3.63, 3.8) is 0 Å². The Balaban J connectivity index is 1.53. The van der Waals surface area contributed by atoms with Gasteiger partial charge in [0, 0.05) is 0 Å². The molecule has 0 heterocycles. The van der Waals surface area contributed by atoms with Crippen LogP contribution in [0.3, 0.4) is 0 Å². The third-order valence-corrected chi connectivity index (χ3v) is 4.45. The van der Waals surface area contributed by atoms with Gasteiger partial charge < -0.3 is 14.8 Å². The standard InChI is InChI=1S/C23H20ClNO4/c1-16(22(26)25-21-10-6-5-9-20(21)24)29-23(27)18-13-11-17(12-14-18)15-28-19-7-3-2-4-8-19/h2-14,16H,15H2,1H3,(H,25,26)/t16-/m0/s1. The number of esters is 1. The molecule has 1 N–H and O–H groups in total. The van der Waals surface area contributed by atoms with Gasteiger partial charge in [-0.1, -0.05) is 54.1 Å². The van der Waals surface area contributed by atoms with E-state index in [0.717, 1.165) is 11.3 Å². The van der Waals surface area contributed by atoms with E-state index in [9.17, 15) is 9.59 Å². The molecule has 0 saturated heterocycles. The topological polar surface area (TPSA) is 64.6 Å². The zero-order valence-electron chi connectivity index (χ0n) is 15.8. The molecule has 6 heteroatoms. The second kappa shape index (κ2) is 9.75. The average Bonchev–Trinajstić information content (AvgIpc) is 2.75. The van der Waals surface area contributed by atoms with Crippen molar-refractivity contribution in [3.05, 3.63) is 95.0 Å². The van der Waals surface area contributed by atoms with Gasteiger partial charge in [0.05, 0.1) is 16.3 Å². The van der Waals surface area contributed by atoms with Crippen molar-refractivity contribution in [2.45, 2.75) is 19.6 Å². The molecule has 0 fully saturated rings. The molecule has 29 heavy (non-hydrogen) atoms. The Bertz CT molecular complexity index is 974. The molecule has 5 nitrogen and oxygen atoms in total. The normalized spacial score (nSPS) is 11.4. The van der Waals surface area contributed by atoms with Crippen molar-refractivity contribution in [3.8, 4) is 5.75 Å². The lowest BCUT2D eigenvalue weighted by Crippen LogP contribution is -2.30. The van der Waals surface area contributed by atoms with Crippen LogP contribution in [0.15, 0.2) is 78.9 Å². The van der Waals surface area contributed by atoms with Crippen LogP contribution in [0.1, 0.15) is 22.8 Å². The van der Waals surface area contributed by atoms with Crippen LogP contribution in [-0.2, 0) is 16.1 Å². The molecule has 1 atom stereocenters. The van der Waals surface area contributed by atoms with Gasteiger partial charge in [-0.3, -0.25) is 4.79 Å². The minimum atomic E-state index is -0.972. The quantitative estimate of drug-likeness (QED) is 0.551. The van der Waals surface area contributed by atoms with Crippen molar-refractivity contribution in [2.75, 3.05) is 5.32 Å². The van der Waals surface area contributed by atoms with E-state index in [1.165, 1.54) is 6.92 Å². The number of benzene rings is 3. The summed E-state index contributed by atoms with van der Waals surface area (Å²) in [5.41, 5.74) is 1.73. The smallest absolute Gasteiger partial charge is 0.338 e. The molecule has 0 unspecified atom stereocenters. The van der Waals surface area contributed by atoms with E-state index in [0.29, 0.717) is 22.9 Å². The van der Waals surface area contributed by atoms with Crippen LogP contribution in [0.5, 0.6) is 5.75 Å². The van der Waals surface area contributed by atoms with Gasteiger partial charge in [-0.25, -0.2) is 4.79 Å². The number of carbonyl (C=O) groups excluding carboxylic acids is 2. The van der Waals surface area contributed by atoms with Crippen LogP contribution < -0.4 is 10.1 Å². The number of para-hydroxylation sites is 2. The van der Waals surface area contributed by atoms with E-state index in [4.69, 9.17) is 21.1 Å². The van der Waals surface area contributed by atoms with Gasteiger partial charge in [0.25, 0.3) is 5.91 Å². The molecule has 0 aromatic heterocycles. The van der Waals surface area contributed by atoms with E-state index in [1.807, 2.05) is 30.3 Å². The van der Waals surface area contributed by atoms with Gasteiger partial charge in [-0.15, -0.1) is 0 Å². The number of ether oxygens (including phenoxy) is 2. The Morgan fingerprint density at radius 2 is 1.59 bits per heavy atom. The SMILES string of the molecule is C[C@H](OC(=O)c1ccc(COc2ccccc2)cc1)C(=O)Nc1ccccc1Cl. The lowest BCUT2D eigenvalue weighted by molar-refractivity contribution is -0.123. The summed E-state index contributed by atoms with van der Waals surface area (Å²) < 4.78 is 10.9. The molecule has 0 radical (unpaired) electrons. The van der Waals surface area contributed by atoms with Crippen molar-refractivity contribution in [1.29, 1.82) is 0 Å². The first kappa shape index (κ1) is 20.4. The maximum Gasteiger partial charge on any atom is 0.338 e. The van der Waals surface area contributed by atoms with Gasteiger partial charge in [-0.05, 0) is 48.9 Å². The minimum Gasteiger partial charge on any atom is -0.489 e. The summed E-state index contributed by atoms with van der Waals surface area (Å²) in [6, 6.07) is 23.2. The number of nitrogens with one attached hydrogen (secondary N) is 1. The van der Waals surface area contributed by atoms with Crippen LogP contribution in [0.4, 0.5) is 5.69 Å². The Labute approximate surface area is 174 Å². The number of amides is 1. The first-order valence-electron chi connectivity index (χ1n) is 9.06. The van der Waals surface area contributed by atoms with Crippen LogP contribution in [0.25, 0.3) is 0 Å². The largest absolute Gasteiger partial charge is 0.489 e. The molecule has 3 aromatic rings. The Morgan fingerprint density at radius 1 is 0.931 bits per heavy atom. The van der Waals surface area contributed by atoms with Gasteiger partial charge in [-0.2, -0.15) is 0 Å². The summed E-state index contributed by atoms with van der Waals surface area (Å²) in [6.07, 6.45) is -0.972. The molecule has 3 rings (SSSR count). The maximum absolute atomic E-state index is 12.3. The van der Waals surface area contributed by atoms with E-state index < -0.39 is 18.0 Å². The zero-order chi connectivity index (χ0) is 20.6. The minimum absolute atomic E-state index is 0.353. The van der Waals surface area contributed by atoms with E-state index >= 15 is 0 Å². The molecule has 0 saturated carbocycles. The lowest BCUT2D eigenvalue weighted by atomic mass is 10.1. The summed E-state index contributed by atoms with van der Waals surface area (Å²) >= 11 is 6.02. The summed E-state index contributed by atoms with van der Waals surface area (Å²) in [5.74, 6) is -0.268. The first-order chi connectivity index (χ1) is 14.0. The molecular weight excluding hydrogens is 390 g/mol. The zero-order valence-corrected chi connectivity index (χ0v) is 16.6. The Hall–Kier alpha value is -3.31. The van der Waals surface area contributed by atoms with Crippen molar-refractivity contribution < 1.29 is 19.1 Å². The molecule has 148 valence electrons. The van der Waals surface area contributed by atoms with Gasteiger partial charge in [0.2, 0.25) is 0 Å². The Kier molecular flexibility index (Phi) is 6.87. The number of anilines is 1. The maximum atomic E-state index is 12.3. The summed E-state index contributed by atoms with van der Waals surface area (Å²) in [6.45, 7) is 1.89. The highest BCUT2D eigenvalue weighted by Crippen LogP contribution is 2.21. The number of hydrogen-bond acceptors (Lipinski definition) is 4. The molecule has 3 aromatic carbocycles. The van der Waals surface area contributed by atoms with Crippen molar-refractivity contribution >= 4 is 29.2 Å². The van der Waals surface area contributed by atoms with E-state index in [2.05, 4.69) is 5.32 Å². The average molecular weight is 410 g/mol. The van der Waals surface area contributed by atoms with E-state index in [-0.39, 0.29) is 0 Å². The van der Waals surface area contributed by atoms with E-state index in [1.54, 1.807) is 48.5 Å². The van der Waals surface area contributed by atoms with Crippen molar-refractivity contribution in [1.82, 2.24) is 0 Å². The molecule has 0 aliphatic heterocycles. The van der Waals surface area contributed by atoms with Crippen LogP contribution in [0, 0.1) is 0 Å². The van der Waals surface area contributed by atoms with Gasteiger partial charge >= 0.3 is 5.97 Å².